The second kappa shape index (κ2) is 4.80. The van der Waals surface area contributed by atoms with E-state index in [4.69, 9.17) is 5.73 Å². The van der Waals surface area contributed by atoms with Crippen LogP contribution in [0.25, 0.3) is 0 Å². The summed E-state index contributed by atoms with van der Waals surface area (Å²) in [5, 5.41) is 9.49. The zero-order chi connectivity index (χ0) is 8.97. The fourth-order valence-electron chi connectivity index (χ4n) is 2.01. The van der Waals surface area contributed by atoms with Crippen molar-refractivity contribution in [3.05, 3.63) is 0 Å². The van der Waals surface area contributed by atoms with Gasteiger partial charge in [-0.1, -0.05) is 6.42 Å². The van der Waals surface area contributed by atoms with Crippen molar-refractivity contribution in [3.8, 4) is 0 Å². The maximum absolute atomic E-state index is 9.49. The molecule has 2 atom stereocenters. The topological polar surface area (TPSA) is 49.5 Å². The lowest BCUT2D eigenvalue weighted by Crippen LogP contribution is -2.47. The molecule has 12 heavy (non-hydrogen) atoms. The van der Waals surface area contributed by atoms with Gasteiger partial charge in [-0.15, -0.1) is 0 Å². The number of hydrogen-bond donors (Lipinski definition) is 2. The number of aliphatic hydroxyl groups is 1. The highest BCUT2D eigenvalue weighted by Gasteiger charge is 2.24. The molecule has 0 unspecified atom stereocenters. The Morgan fingerprint density at radius 3 is 2.92 bits per heavy atom. The molecule has 1 fully saturated rings. The second-order valence-electron chi connectivity index (χ2n) is 3.63. The summed E-state index contributed by atoms with van der Waals surface area (Å²) in [5.41, 5.74) is 5.50. The number of nitrogens with two attached hydrogens (primary N) is 1. The summed E-state index contributed by atoms with van der Waals surface area (Å²) in [6, 6.07) is 0.349. The molecule has 0 radical (unpaired) electrons. The van der Waals surface area contributed by atoms with Gasteiger partial charge >= 0.3 is 0 Å². The maximum Gasteiger partial charge on any atom is 0.0667 e. The van der Waals surface area contributed by atoms with Crippen LogP contribution in [-0.2, 0) is 0 Å². The molecule has 1 heterocycles. The number of likely N-dealkylation sites (tertiary alicyclic amines) is 1. The first kappa shape index (κ1) is 9.96. The third-order valence-corrected chi connectivity index (χ3v) is 2.64. The smallest absolute Gasteiger partial charge is 0.0667 e. The van der Waals surface area contributed by atoms with Crippen molar-refractivity contribution < 1.29 is 5.11 Å². The normalized spacial score (nSPS) is 28.8. The van der Waals surface area contributed by atoms with E-state index >= 15 is 0 Å². The monoisotopic (exact) mass is 172 g/mol. The predicted octanol–water partition coefficient (Wildman–Crippen LogP) is 0.180. The summed E-state index contributed by atoms with van der Waals surface area (Å²) in [4.78, 5) is 2.31. The number of piperidine rings is 1. The predicted molar refractivity (Wildman–Crippen MR) is 49.9 cm³/mol. The summed E-state index contributed by atoms with van der Waals surface area (Å²) in [6.07, 6.45) is 3.41. The van der Waals surface area contributed by atoms with Crippen molar-refractivity contribution in [2.75, 3.05) is 19.6 Å². The lowest BCUT2D eigenvalue weighted by Gasteiger charge is -2.37. The summed E-state index contributed by atoms with van der Waals surface area (Å²) in [5.74, 6) is 0. The highest BCUT2D eigenvalue weighted by atomic mass is 16.3. The van der Waals surface area contributed by atoms with Crippen molar-refractivity contribution in [2.45, 2.75) is 38.3 Å². The Morgan fingerprint density at radius 2 is 2.33 bits per heavy atom. The number of rotatable bonds is 3. The largest absolute Gasteiger partial charge is 0.392 e. The van der Waals surface area contributed by atoms with Crippen molar-refractivity contribution >= 4 is 0 Å². The second-order valence-corrected chi connectivity index (χ2v) is 3.63. The van der Waals surface area contributed by atoms with Crippen LogP contribution in [0, 0.1) is 0 Å². The van der Waals surface area contributed by atoms with Gasteiger partial charge in [-0.25, -0.2) is 0 Å². The summed E-state index contributed by atoms with van der Waals surface area (Å²) in [6.45, 7) is 4.60. The first-order chi connectivity index (χ1) is 5.75. The average Bonchev–Trinajstić information content (AvgIpc) is 2.05. The van der Waals surface area contributed by atoms with E-state index in [2.05, 4.69) is 4.90 Å². The van der Waals surface area contributed by atoms with Crippen LogP contribution in [0.1, 0.15) is 26.2 Å². The van der Waals surface area contributed by atoms with Crippen LogP contribution >= 0.6 is 0 Å². The average molecular weight is 172 g/mol. The molecule has 0 aliphatic carbocycles. The van der Waals surface area contributed by atoms with E-state index in [1.165, 1.54) is 12.8 Å². The Bertz CT molecular complexity index is 126. The van der Waals surface area contributed by atoms with Crippen molar-refractivity contribution in [2.24, 2.45) is 5.73 Å². The van der Waals surface area contributed by atoms with Gasteiger partial charge in [-0.05, 0) is 26.3 Å². The molecule has 1 rings (SSSR count). The first-order valence-corrected chi connectivity index (χ1v) is 4.88. The van der Waals surface area contributed by atoms with Crippen molar-refractivity contribution in [1.29, 1.82) is 0 Å². The van der Waals surface area contributed by atoms with Crippen LogP contribution in [-0.4, -0.2) is 41.8 Å². The van der Waals surface area contributed by atoms with Crippen LogP contribution in [0.4, 0.5) is 0 Å². The van der Waals surface area contributed by atoms with Crippen LogP contribution in [0.5, 0.6) is 0 Å². The number of aliphatic hydroxyl groups excluding tert-OH is 1. The molecule has 3 heteroatoms. The molecule has 0 bridgehead atoms. The minimum absolute atomic E-state index is 0.211. The molecule has 3 N–H and O–H groups in total. The molecular formula is C9H20N2O. The molecule has 0 aromatic carbocycles. The lowest BCUT2D eigenvalue weighted by molar-refractivity contribution is 0.0385. The van der Waals surface area contributed by atoms with Gasteiger partial charge in [0.15, 0.2) is 0 Å². The van der Waals surface area contributed by atoms with Gasteiger partial charge in [0, 0.05) is 19.1 Å². The van der Waals surface area contributed by atoms with Gasteiger partial charge in [0.2, 0.25) is 0 Å². The summed E-state index contributed by atoms with van der Waals surface area (Å²) >= 11 is 0. The minimum Gasteiger partial charge on any atom is -0.392 e. The molecular weight excluding hydrogens is 152 g/mol. The fourth-order valence-corrected chi connectivity index (χ4v) is 2.01. The zero-order valence-electron chi connectivity index (χ0n) is 7.87. The van der Waals surface area contributed by atoms with E-state index < -0.39 is 0 Å². The Kier molecular flexibility index (Phi) is 3.98. The third-order valence-electron chi connectivity index (χ3n) is 2.64. The standard InChI is InChI=1S/C9H20N2O/c1-8(12)9-4-2-3-6-11(9)7-5-10/h8-9,12H,2-7,10H2,1H3/t8-,9-/m1/s1. The number of hydrogen-bond acceptors (Lipinski definition) is 3. The van der Waals surface area contributed by atoms with E-state index in [0.717, 1.165) is 19.5 Å². The van der Waals surface area contributed by atoms with E-state index in [1.807, 2.05) is 6.92 Å². The number of nitrogens with zero attached hydrogens (tertiary/aromatic N) is 1. The fraction of sp³-hybridized carbons (Fsp3) is 1.00. The summed E-state index contributed by atoms with van der Waals surface area (Å²) in [7, 11) is 0. The SMILES string of the molecule is C[C@@H](O)[C@H]1CCCCN1CCN. The molecule has 1 aliphatic heterocycles. The summed E-state index contributed by atoms with van der Waals surface area (Å²) < 4.78 is 0. The maximum atomic E-state index is 9.49. The highest BCUT2D eigenvalue weighted by molar-refractivity contribution is 4.80. The lowest BCUT2D eigenvalue weighted by atomic mass is 9.98. The van der Waals surface area contributed by atoms with Crippen LogP contribution in [0.15, 0.2) is 0 Å². The van der Waals surface area contributed by atoms with E-state index in [1.54, 1.807) is 0 Å². The van der Waals surface area contributed by atoms with Gasteiger partial charge in [0.05, 0.1) is 6.10 Å². The molecule has 0 saturated carbocycles. The molecule has 3 nitrogen and oxygen atoms in total. The third kappa shape index (κ3) is 2.44. The van der Waals surface area contributed by atoms with Gasteiger partial charge < -0.3 is 10.8 Å². The molecule has 0 aromatic rings. The van der Waals surface area contributed by atoms with Crippen LogP contribution in [0.3, 0.4) is 0 Å². The molecule has 1 aliphatic rings. The Balaban J connectivity index is 2.42. The Labute approximate surface area is 74.5 Å². The molecule has 1 saturated heterocycles. The quantitative estimate of drug-likeness (QED) is 0.638. The van der Waals surface area contributed by atoms with Crippen LogP contribution in [0.2, 0.25) is 0 Å². The van der Waals surface area contributed by atoms with Crippen LogP contribution < -0.4 is 5.73 Å². The highest BCUT2D eigenvalue weighted by Crippen LogP contribution is 2.18. The molecule has 0 spiro atoms. The van der Waals surface area contributed by atoms with Gasteiger partial charge in [-0.3, -0.25) is 4.90 Å². The van der Waals surface area contributed by atoms with Gasteiger partial charge in [-0.2, -0.15) is 0 Å². The molecule has 0 aromatic heterocycles. The van der Waals surface area contributed by atoms with Gasteiger partial charge in [0.25, 0.3) is 0 Å². The first-order valence-electron chi connectivity index (χ1n) is 4.88. The zero-order valence-corrected chi connectivity index (χ0v) is 7.87. The minimum atomic E-state index is -0.211. The van der Waals surface area contributed by atoms with Crippen molar-refractivity contribution in [1.82, 2.24) is 4.90 Å². The van der Waals surface area contributed by atoms with E-state index in [0.29, 0.717) is 12.6 Å². The van der Waals surface area contributed by atoms with E-state index in [9.17, 15) is 5.11 Å². The van der Waals surface area contributed by atoms with E-state index in [-0.39, 0.29) is 6.10 Å². The Hall–Kier alpha value is -0.120. The molecule has 0 amide bonds. The Morgan fingerprint density at radius 1 is 1.58 bits per heavy atom. The molecule has 72 valence electrons. The van der Waals surface area contributed by atoms with Crippen molar-refractivity contribution in [3.63, 3.8) is 0 Å². The van der Waals surface area contributed by atoms with Gasteiger partial charge in [0.1, 0.15) is 0 Å².